The van der Waals surface area contributed by atoms with E-state index in [4.69, 9.17) is 0 Å². The van der Waals surface area contributed by atoms with Crippen molar-refractivity contribution in [3.05, 3.63) is 23.4 Å². The van der Waals surface area contributed by atoms with Crippen molar-refractivity contribution in [2.24, 2.45) is 0 Å². The van der Waals surface area contributed by atoms with Crippen LogP contribution >= 0.6 is 0 Å². The lowest BCUT2D eigenvalue weighted by Gasteiger charge is -1.88. The lowest BCUT2D eigenvalue weighted by molar-refractivity contribution is -0.670. The third kappa shape index (κ3) is 0.900. The second-order valence-corrected chi connectivity index (χ2v) is 1.43. The summed E-state index contributed by atoms with van der Waals surface area (Å²) in [6, 6.07) is 0. The molecule has 0 aliphatic heterocycles. The van der Waals surface area contributed by atoms with Crippen molar-refractivity contribution in [2.45, 2.75) is 6.92 Å². The Hall–Kier alpha value is -1.19. The third-order valence-corrected chi connectivity index (χ3v) is 0.724. The molecule has 1 heterocycles. The number of hydrogen-bond acceptors (Lipinski definition) is 3. The molecule has 0 fully saturated rings. The zero-order valence-electron chi connectivity index (χ0n) is 4.40. The van der Waals surface area contributed by atoms with Crippen LogP contribution in [0.1, 0.15) is 5.69 Å². The first-order chi connectivity index (χ1) is 3.79. The van der Waals surface area contributed by atoms with Crippen LogP contribution in [-0.4, -0.2) is 10.1 Å². The van der Waals surface area contributed by atoms with Gasteiger partial charge in [0.05, 0.1) is 0 Å². The summed E-state index contributed by atoms with van der Waals surface area (Å²) in [6.07, 6.45) is 2.53. The number of nitrogens with zero attached hydrogens (tertiary/aromatic N) is 3. The molecule has 0 aliphatic rings. The van der Waals surface area contributed by atoms with E-state index in [9.17, 15) is 5.21 Å². The molecular weight excluding hydrogens is 106 g/mol. The van der Waals surface area contributed by atoms with Crippen molar-refractivity contribution in [1.82, 2.24) is 10.1 Å². The summed E-state index contributed by atoms with van der Waals surface area (Å²) in [7, 11) is 0. The van der Waals surface area contributed by atoms with E-state index in [1.54, 1.807) is 6.92 Å². The van der Waals surface area contributed by atoms with Crippen LogP contribution in [0.4, 0.5) is 0 Å². The van der Waals surface area contributed by atoms with E-state index in [0.717, 1.165) is 0 Å². The SMILES string of the molecule is Cc1c[n+]([O-])ncn1. The molecule has 0 radical (unpaired) electrons. The predicted molar refractivity (Wildman–Crippen MR) is 25.7 cm³/mol. The Bertz CT molecular complexity index is 171. The van der Waals surface area contributed by atoms with Gasteiger partial charge in [0.15, 0.2) is 6.33 Å². The van der Waals surface area contributed by atoms with Gasteiger partial charge in [0.25, 0.3) is 0 Å². The molecule has 0 N–H and O–H groups in total. The van der Waals surface area contributed by atoms with E-state index >= 15 is 0 Å². The highest BCUT2D eigenvalue weighted by molar-refractivity contribution is 4.81. The summed E-state index contributed by atoms with van der Waals surface area (Å²) < 4.78 is 0. The Morgan fingerprint density at radius 3 is 2.88 bits per heavy atom. The molecule has 1 aromatic heterocycles. The molecule has 0 aliphatic carbocycles. The normalized spacial score (nSPS) is 9.12. The molecule has 4 nitrogen and oxygen atoms in total. The van der Waals surface area contributed by atoms with E-state index in [1.165, 1.54) is 12.5 Å². The maximum absolute atomic E-state index is 10.3. The van der Waals surface area contributed by atoms with Gasteiger partial charge >= 0.3 is 0 Å². The maximum atomic E-state index is 10.3. The fraction of sp³-hybridized carbons (Fsp3) is 0.250. The third-order valence-electron chi connectivity index (χ3n) is 0.724. The molecule has 0 bridgehead atoms. The monoisotopic (exact) mass is 111 g/mol. The van der Waals surface area contributed by atoms with E-state index in [0.29, 0.717) is 10.5 Å². The summed E-state index contributed by atoms with van der Waals surface area (Å²) >= 11 is 0. The molecule has 0 spiro atoms. The molecule has 42 valence electrons. The van der Waals surface area contributed by atoms with Crippen LogP contribution in [0.5, 0.6) is 0 Å². The number of hydrogen-bond donors (Lipinski definition) is 0. The molecule has 0 saturated heterocycles. The van der Waals surface area contributed by atoms with Gasteiger partial charge in [-0.2, -0.15) is 0 Å². The molecule has 1 rings (SSSR count). The Morgan fingerprint density at radius 1 is 1.75 bits per heavy atom. The molecule has 0 saturated carbocycles. The fourth-order valence-corrected chi connectivity index (χ4v) is 0.394. The first-order valence-corrected chi connectivity index (χ1v) is 2.17. The van der Waals surface area contributed by atoms with Crippen LogP contribution in [0.2, 0.25) is 0 Å². The van der Waals surface area contributed by atoms with Crippen molar-refractivity contribution in [1.29, 1.82) is 0 Å². The number of rotatable bonds is 0. The summed E-state index contributed by atoms with van der Waals surface area (Å²) in [5, 5.41) is 13.5. The van der Waals surface area contributed by atoms with Crippen LogP contribution in [0.15, 0.2) is 12.5 Å². The van der Waals surface area contributed by atoms with Crippen LogP contribution in [0.3, 0.4) is 0 Å². The summed E-state index contributed by atoms with van der Waals surface area (Å²) in [5.74, 6) is 0. The van der Waals surface area contributed by atoms with Crippen LogP contribution in [0.25, 0.3) is 0 Å². The van der Waals surface area contributed by atoms with Gasteiger partial charge in [-0.25, -0.2) is 4.98 Å². The molecule has 1 aromatic rings. The summed E-state index contributed by atoms with van der Waals surface area (Å²) in [6.45, 7) is 1.73. The second-order valence-electron chi connectivity index (χ2n) is 1.43. The molecule has 0 amide bonds. The van der Waals surface area contributed by atoms with Gasteiger partial charge in [0.1, 0.15) is 5.69 Å². The molecule has 0 atom stereocenters. The highest BCUT2D eigenvalue weighted by Gasteiger charge is 1.88. The zero-order valence-corrected chi connectivity index (χ0v) is 4.40. The molecule has 0 unspecified atom stereocenters. The van der Waals surface area contributed by atoms with Gasteiger partial charge in [0, 0.05) is 5.10 Å². The number of aromatic nitrogens is 3. The van der Waals surface area contributed by atoms with Gasteiger partial charge in [-0.05, 0) is 6.92 Å². The maximum Gasteiger partial charge on any atom is 0.231 e. The zero-order chi connectivity index (χ0) is 5.98. The Labute approximate surface area is 46.4 Å². The number of aryl methyl sites for hydroxylation is 1. The van der Waals surface area contributed by atoms with Gasteiger partial charge < -0.3 is 5.21 Å². The smallest absolute Gasteiger partial charge is 0.231 e. The minimum absolute atomic E-state index is 0.475. The molecule has 8 heavy (non-hydrogen) atoms. The molecule has 0 aromatic carbocycles. The largest absolute Gasteiger partial charge is 0.594 e. The average molecular weight is 111 g/mol. The minimum Gasteiger partial charge on any atom is -0.594 e. The highest BCUT2D eigenvalue weighted by atomic mass is 16.5. The first-order valence-electron chi connectivity index (χ1n) is 2.17. The summed E-state index contributed by atoms with van der Waals surface area (Å²) in [4.78, 5) is 4.18. The Morgan fingerprint density at radius 2 is 2.50 bits per heavy atom. The van der Waals surface area contributed by atoms with Crippen molar-refractivity contribution in [3.8, 4) is 0 Å². The quantitative estimate of drug-likeness (QED) is 0.332. The predicted octanol–water partition coefficient (Wildman–Crippen LogP) is -0.582. The standard InChI is InChI=1S/C4H5N3O/c1-4-2-7(8)6-3-5-4/h2-3H,1H3. The van der Waals surface area contributed by atoms with Gasteiger partial charge in [-0.3, -0.25) is 0 Å². The minimum atomic E-state index is 0.475. The lowest BCUT2D eigenvalue weighted by atomic mass is 10.6. The first kappa shape index (κ1) is 4.96. The lowest BCUT2D eigenvalue weighted by Crippen LogP contribution is -2.30. The van der Waals surface area contributed by atoms with Crippen molar-refractivity contribution < 1.29 is 4.85 Å². The van der Waals surface area contributed by atoms with Crippen LogP contribution < -0.4 is 4.85 Å². The van der Waals surface area contributed by atoms with Gasteiger partial charge in [-0.15, -0.1) is 0 Å². The topological polar surface area (TPSA) is 52.7 Å². The fourth-order valence-electron chi connectivity index (χ4n) is 0.394. The van der Waals surface area contributed by atoms with E-state index in [1.807, 2.05) is 0 Å². The highest BCUT2D eigenvalue weighted by Crippen LogP contribution is 1.76. The molecular formula is C4H5N3O. The van der Waals surface area contributed by atoms with Crippen molar-refractivity contribution in [2.75, 3.05) is 0 Å². The second kappa shape index (κ2) is 1.73. The van der Waals surface area contributed by atoms with E-state index in [-0.39, 0.29) is 0 Å². The van der Waals surface area contributed by atoms with Gasteiger partial charge in [0.2, 0.25) is 6.20 Å². The Kier molecular flexibility index (Phi) is 1.07. The van der Waals surface area contributed by atoms with Gasteiger partial charge in [-0.1, -0.05) is 4.85 Å². The van der Waals surface area contributed by atoms with E-state index in [2.05, 4.69) is 10.1 Å². The van der Waals surface area contributed by atoms with Crippen LogP contribution in [-0.2, 0) is 0 Å². The van der Waals surface area contributed by atoms with Crippen molar-refractivity contribution >= 4 is 0 Å². The average Bonchev–Trinajstić information content (AvgIpc) is 1.64. The molecule has 4 heteroatoms. The van der Waals surface area contributed by atoms with E-state index < -0.39 is 0 Å². The summed E-state index contributed by atoms with van der Waals surface area (Å²) in [5.41, 5.74) is 0.676. The van der Waals surface area contributed by atoms with Crippen LogP contribution in [0, 0.1) is 12.1 Å². The van der Waals surface area contributed by atoms with Crippen molar-refractivity contribution in [3.63, 3.8) is 0 Å². The Balaban J connectivity index is 3.08.